The van der Waals surface area contributed by atoms with E-state index in [1.807, 2.05) is 31.2 Å². The number of halogens is 1. The van der Waals surface area contributed by atoms with Crippen molar-refractivity contribution in [2.45, 2.75) is 19.4 Å². The molecule has 0 bridgehead atoms. The highest BCUT2D eigenvalue weighted by Crippen LogP contribution is 2.47. The Morgan fingerprint density at radius 1 is 1.16 bits per heavy atom. The van der Waals surface area contributed by atoms with E-state index in [9.17, 15) is 9.59 Å². The molecule has 7 nitrogen and oxygen atoms in total. The van der Waals surface area contributed by atoms with Crippen LogP contribution >= 0.6 is 11.6 Å². The fraction of sp³-hybridized carbons (Fsp3) is 0.304. The van der Waals surface area contributed by atoms with Crippen molar-refractivity contribution in [2.24, 2.45) is 11.8 Å². The Morgan fingerprint density at radius 2 is 1.87 bits per heavy atom. The molecule has 3 atom stereocenters. The molecular weight excluding hydrogens is 420 g/mol. The lowest BCUT2D eigenvalue weighted by Gasteiger charge is -2.32. The third-order valence-electron chi connectivity index (χ3n) is 6.03. The van der Waals surface area contributed by atoms with Gasteiger partial charge in [-0.15, -0.1) is 0 Å². The number of ether oxygens (including phenoxy) is 3. The van der Waals surface area contributed by atoms with Crippen molar-refractivity contribution >= 4 is 34.7 Å². The minimum absolute atomic E-state index is 0.117. The molecule has 3 unspecified atom stereocenters. The molecule has 2 aromatic rings. The van der Waals surface area contributed by atoms with E-state index in [-0.39, 0.29) is 18.5 Å². The van der Waals surface area contributed by atoms with E-state index >= 15 is 0 Å². The Balaban J connectivity index is 1.69. The van der Waals surface area contributed by atoms with Crippen molar-refractivity contribution in [1.29, 1.82) is 0 Å². The lowest BCUT2D eigenvalue weighted by Crippen LogP contribution is -2.39. The van der Waals surface area contributed by atoms with E-state index in [0.717, 1.165) is 17.1 Å². The van der Waals surface area contributed by atoms with E-state index < -0.39 is 17.9 Å². The number of ketones is 1. The number of para-hydroxylation sites is 2. The summed E-state index contributed by atoms with van der Waals surface area (Å²) >= 11 is 6.63. The third-order valence-corrected chi connectivity index (χ3v) is 6.35. The molecule has 0 amide bonds. The monoisotopic (exact) mass is 440 g/mol. The van der Waals surface area contributed by atoms with Gasteiger partial charge in [0, 0.05) is 22.9 Å². The first-order valence-corrected chi connectivity index (χ1v) is 10.4. The van der Waals surface area contributed by atoms with Crippen molar-refractivity contribution < 1.29 is 23.8 Å². The standard InChI is InChI=1S/C23H21ClN2O5/c1-11-7-16-20(22(27)19(11)23(28)29-2)21(26-15-6-4-3-5-14(15)25-16)12-8-17-18(9-13(12)24)31-10-30-17/h3-6,8-9,11,19,21,25-26H,7,10H2,1-2H3. The first kappa shape index (κ1) is 19.8. The lowest BCUT2D eigenvalue weighted by atomic mass is 9.75. The summed E-state index contributed by atoms with van der Waals surface area (Å²) in [4.78, 5) is 26.1. The molecule has 31 heavy (non-hydrogen) atoms. The summed E-state index contributed by atoms with van der Waals surface area (Å²) in [5.41, 5.74) is 3.60. The molecule has 0 fully saturated rings. The molecule has 0 saturated heterocycles. The van der Waals surface area contributed by atoms with Gasteiger partial charge in [-0.05, 0) is 30.5 Å². The Kier molecular flexibility index (Phi) is 4.78. The molecule has 160 valence electrons. The van der Waals surface area contributed by atoms with Crippen LogP contribution in [0, 0.1) is 11.8 Å². The van der Waals surface area contributed by atoms with Crippen LogP contribution < -0.4 is 20.1 Å². The summed E-state index contributed by atoms with van der Waals surface area (Å²) in [6.45, 7) is 2.00. The van der Waals surface area contributed by atoms with E-state index in [4.69, 9.17) is 25.8 Å². The maximum Gasteiger partial charge on any atom is 0.316 e. The summed E-state index contributed by atoms with van der Waals surface area (Å²) in [6.07, 6.45) is 0.523. The molecule has 2 aliphatic heterocycles. The lowest BCUT2D eigenvalue weighted by molar-refractivity contribution is -0.151. The van der Waals surface area contributed by atoms with Gasteiger partial charge in [0.2, 0.25) is 6.79 Å². The zero-order valence-corrected chi connectivity index (χ0v) is 17.8. The molecular formula is C23H21ClN2O5. The summed E-state index contributed by atoms with van der Waals surface area (Å²) in [7, 11) is 1.30. The molecule has 0 radical (unpaired) electrons. The Labute approximate surface area is 184 Å². The number of anilines is 2. The Bertz CT molecular complexity index is 1130. The molecule has 2 aromatic carbocycles. The molecule has 8 heteroatoms. The second-order valence-corrected chi connectivity index (χ2v) is 8.32. The number of hydrogen-bond donors (Lipinski definition) is 2. The van der Waals surface area contributed by atoms with Crippen LogP contribution in [-0.2, 0) is 14.3 Å². The quantitative estimate of drug-likeness (QED) is 0.532. The second kappa shape index (κ2) is 7.50. The largest absolute Gasteiger partial charge is 0.468 e. The zero-order valence-electron chi connectivity index (χ0n) is 17.0. The molecule has 2 N–H and O–H groups in total. The topological polar surface area (TPSA) is 85.9 Å². The highest BCUT2D eigenvalue weighted by atomic mass is 35.5. The minimum Gasteiger partial charge on any atom is -0.468 e. The number of fused-ring (bicyclic) bond motifs is 2. The molecule has 1 aliphatic carbocycles. The number of benzene rings is 2. The predicted octanol–water partition coefficient (Wildman–Crippen LogP) is 4.30. The molecule has 5 rings (SSSR count). The van der Waals surface area contributed by atoms with E-state index in [2.05, 4.69) is 10.6 Å². The van der Waals surface area contributed by atoms with Crippen LogP contribution in [0.2, 0.25) is 5.02 Å². The highest BCUT2D eigenvalue weighted by Gasteiger charge is 2.44. The van der Waals surface area contributed by atoms with E-state index in [1.165, 1.54) is 7.11 Å². The maximum absolute atomic E-state index is 13.7. The fourth-order valence-electron chi connectivity index (χ4n) is 4.52. The van der Waals surface area contributed by atoms with Gasteiger partial charge in [-0.1, -0.05) is 30.7 Å². The van der Waals surface area contributed by atoms with Crippen molar-refractivity contribution in [2.75, 3.05) is 24.5 Å². The zero-order chi connectivity index (χ0) is 21.7. The number of methoxy groups -OCH3 is 1. The Morgan fingerprint density at radius 3 is 2.61 bits per heavy atom. The number of nitrogens with one attached hydrogen (secondary N) is 2. The molecule has 0 aromatic heterocycles. The average molecular weight is 441 g/mol. The van der Waals surface area contributed by atoms with Gasteiger partial charge in [0.1, 0.15) is 5.92 Å². The normalized spacial score (nSPS) is 23.8. The minimum atomic E-state index is -0.871. The van der Waals surface area contributed by atoms with Gasteiger partial charge in [-0.2, -0.15) is 0 Å². The van der Waals surface area contributed by atoms with Gasteiger partial charge < -0.3 is 24.8 Å². The van der Waals surface area contributed by atoms with Crippen LogP contribution in [0.4, 0.5) is 11.4 Å². The van der Waals surface area contributed by atoms with Crippen molar-refractivity contribution in [3.05, 3.63) is 58.3 Å². The van der Waals surface area contributed by atoms with Crippen LogP contribution in [-0.4, -0.2) is 25.7 Å². The highest BCUT2D eigenvalue weighted by molar-refractivity contribution is 6.32. The number of Topliss-reactive ketones (excluding diaryl/α,β-unsaturated/α-hetero) is 1. The smallest absolute Gasteiger partial charge is 0.316 e. The van der Waals surface area contributed by atoms with Crippen LogP contribution in [0.3, 0.4) is 0 Å². The van der Waals surface area contributed by atoms with Gasteiger partial charge in [0.25, 0.3) is 0 Å². The number of rotatable bonds is 2. The summed E-state index contributed by atoms with van der Waals surface area (Å²) in [5.74, 6) is -0.747. The summed E-state index contributed by atoms with van der Waals surface area (Å²) in [6, 6.07) is 10.6. The van der Waals surface area contributed by atoms with Crippen molar-refractivity contribution in [3.8, 4) is 11.5 Å². The van der Waals surface area contributed by atoms with E-state index in [1.54, 1.807) is 12.1 Å². The second-order valence-electron chi connectivity index (χ2n) is 7.91. The van der Waals surface area contributed by atoms with Crippen LogP contribution in [0.15, 0.2) is 47.7 Å². The van der Waals surface area contributed by atoms with Crippen LogP contribution in [0.5, 0.6) is 11.5 Å². The van der Waals surface area contributed by atoms with Crippen molar-refractivity contribution in [1.82, 2.24) is 0 Å². The molecule has 2 heterocycles. The maximum atomic E-state index is 13.7. The number of allylic oxidation sites excluding steroid dienone is 1. The van der Waals surface area contributed by atoms with Gasteiger partial charge in [-0.3, -0.25) is 9.59 Å². The average Bonchev–Trinajstić information content (AvgIpc) is 3.13. The molecule has 3 aliphatic rings. The molecule has 0 saturated carbocycles. The molecule has 0 spiro atoms. The Hall–Kier alpha value is -3.19. The SMILES string of the molecule is COC(=O)C1C(=O)C2=C(CC1C)Nc1ccccc1NC2c1cc2c(cc1Cl)OCO2. The van der Waals surface area contributed by atoms with Crippen molar-refractivity contribution in [3.63, 3.8) is 0 Å². The van der Waals surface area contributed by atoms with Gasteiger partial charge in [0.15, 0.2) is 17.3 Å². The number of carbonyl (C=O) groups excluding carboxylic acids is 2. The summed E-state index contributed by atoms with van der Waals surface area (Å²) in [5, 5.41) is 7.31. The van der Waals surface area contributed by atoms with Gasteiger partial charge in [-0.25, -0.2) is 0 Å². The number of carbonyl (C=O) groups is 2. The van der Waals surface area contributed by atoms with Gasteiger partial charge in [0.05, 0.1) is 29.5 Å². The predicted molar refractivity (Wildman–Crippen MR) is 115 cm³/mol. The van der Waals surface area contributed by atoms with Gasteiger partial charge >= 0.3 is 5.97 Å². The summed E-state index contributed by atoms with van der Waals surface area (Å²) < 4.78 is 15.9. The number of hydrogen-bond acceptors (Lipinski definition) is 7. The number of esters is 1. The first-order chi connectivity index (χ1) is 15.0. The first-order valence-electron chi connectivity index (χ1n) is 10.0. The van der Waals surface area contributed by atoms with Crippen LogP contribution in [0.1, 0.15) is 24.9 Å². The van der Waals surface area contributed by atoms with Crippen LogP contribution in [0.25, 0.3) is 0 Å². The van der Waals surface area contributed by atoms with E-state index in [0.29, 0.717) is 34.1 Å². The fourth-order valence-corrected chi connectivity index (χ4v) is 4.78. The third kappa shape index (κ3) is 3.20.